The number of aromatic nitrogens is 1. The zero-order valence-electron chi connectivity index (χ0n) is 14.5. The van der Waals surface area contributed by atoms with Gasteiger partial charge >= 0.3 is 0 Å². The maximum Gasteiger partial charge on any atom is 0.267 e. The summed E-state index contributed by atoms with van der Waals surface area (Å²) in [4.78, 5) is 32.8. The van der Waals surface area contributed by atoms with Gasteiger partial charge in [-0.3, -0.25) is 19.9 Å². The van der Waals surface area contributed by atoms with Crippen LogP contribution in [0.1, 0.15) is 30.3 Å². The Hall–Kier alpha value is -2.86. The molecule has 0 saturated carbocycles. The standard InChI is InChI=1S/C20H21N3O3/c1-12-15-11-14(24)6-7-19(15)26-23-16(12)8-9-21-20(25)18-10-13-4-2-3-5-17(13)22-18/h2-7,10,15,19,22-23H,8-9,11H2,1H3,(H,21,25). The molecule has 1 aliphatic carbocycles. The molecule has 2 atom stereocenters. The molecule has 1 aliphatic heterocycles. The second kappa shape index (κ2) is 6.80. The van der Waals surface area contributed by atoms with E-state index in [-0.39, 0.29) is 23.7 Å². The molecule has 1 amide bonds. The molecule has 2 unspecified atom stereocenters. The van der Waals surface area contributed by atoms with Crippen molar-refractivity contribution in [2.75, 3.05) is 6.54 Å². The number of ketones is 1. The molecule has 6 nitrogen and oxygen atoms in total. The van der Waals surface area contributed by atoms with Gasteiger partial charge in [-0.25, -0.2) is 0 Å². The van der Waals surface area contributed by atoms with Crippen molar-refractivity contribution in [1.29, 1.82) is 0 Å². The smallest absolute Gasteiger partial charge is 0.267 e. The van der Waals surface area contributed by atoms with E-state index in [0.717, 1.165) is 22.2 Å². The molecule has 1 aromatic heterocycles. The van der Waals surface area contributed by atoms with Crippen molar-refractivity contribution in [3.05, 3.63) is 59.4 Å². The van der Waals surface area contributed by atoms with Crippen LogP contribution >= 0.6 is 0 Å². The molecule has 26 heavy (non-hydrogen) atoms. The van der Waals surface area contributed by atoms with Crippen LogP contribution in [-0.2, 0) is 9.63 Å². The van der Waals surface area contributed by atoms with Gasteiger partial charge in [-0.05, 0) is 36.8 Å². The first-order chi connectivity index (χ1) is 12.6. The van der Waals surface area contributed by atoms with E-state index in [1.807, 2.05) is 43.3 Å². The molecule has 0 radical (unpaired) electrons. The van der Waals surface area contributed by atoms with Crippen molar-refractivity contribution < 1.29 is 14.4 Å². The van der Waals surface area contributed by atoms with E-state index in [4.69, 9.17) is 4.84 Å². The fourth-order valence-corrected chi connectivity index (χ4v) is 3.54. The van der Waals surface area contributed by atoms with Gasteiger partial charge in [0.1, 0.15) is 11.8 Å². The highest BCUT2D eigenvalue weighted by Gasteiger charge is 2.32. The number of fused-ring (bicyclic) bond motifs is 2. The summed E-state index contributed by atoms with van der Waals surface area (Å²) in [5.41, 5.74) is 6.53. The van der Waals surface area contributed by atoms with Crippen LogP contribution < -0.4 is 10.8 Å². The van der Waals surface area contributed by atoms with Crippen LogP contribution in [0.15, 0.2) is 53.8 Å². The molecular weight excluding hydrogens is 330 g/mol. The molecule has 3 N–H and O–H groups in total. The summed E-state index contributed by atoms with van der Waals surface area (Å²) in [5, 5.41) is 3.94. The van der Waals surface area contributed by atoms with Gasteiger partial charge in [-0.1, -0.05) is 18.2 Å². The summed E-state index contributed by atoms with van der Waals surface area (Å²) < 4.78 is 0. The minimum atomic E-state index is -0.134. The van der Waals surface area contributed by atoms with Crippen molar-refractivity contribution in [2.45, 2.75) is 25.9 Å². The number of rotatable bonds is 4. The van der Waals surface area contributed by atoms with Crippen molar-refractivity contribution in [3.63, 3.8) is 0 Å². The number of para-hydroxylation sites is 1. The lowest BCUT2D eigenvalue weighted by Crippen LogP contribution is -2.40. The number of hydrogen-bond donors (Lipinski definition) is 3. The SMILES string of the molecule is CC1=C(CCNC(=O)c2cc3ccccc3[nH]2)NOC2C=CC(=O)CC12. The predicted molar refractivity (Wildman–Crippen MR) is 98.2 cm³/mol. The Labute approximate surface area is 151 Å². The summed E-state index contributed by atoms with van der Waals surface area (Å²) in [6, 6.07) is 9.64. The van der Waals surface area contributed by atoms with Crippen molar-refractivity contribution in [2.24, 2.45) is 5.92 Å². The third kappa shape index (κ3) is 3.15. The minimum absolute atomic E-state index is 0.0770. The number of benzene rings is 1. The molecular formula is C20H21N3O3. The molecule has 0 fully saturated rings. The number of carbonyl (C=O) groups excluding carboxylic acids is 2. The van der Waals surface area contributed by atoms with Crippen molar-refractivity contribution in [1.82, 2.24) is 15.8 Å². The Kier molecular flexibility index (Phi) is 4.34. The highest BCUT2D eigenvalue weighted by molar-refractivity contribution is 5.98. The number of allylic oxidation sites excluding steroid dienone is 1. The molecule has 0 saturated heterocycles. The van der Waals surface area contributed by atoms with Gasteiger partial charge in [0.05, 0.1) is 0 Å². The second-order valence-electron chi connectivity index (χ2n) is 6.76. The molecule has 0 bridgehead atoms. The fourth-order valence-electron chi connectivity index (χ4n) is 3.54. The zero-order chi connectivity index (χ0) is 18.1. The number of hydroxylamine groups is 1. The minimum Gasteiger partial charge on any atom is -0.351 e. The lowest BCUT2D eigenvalue weighted by atomic mass is 9.83. The van der Waals surface area contributed by atoms with Gasteiger partial charge in [-0.2, -0.15) is 0 Å². The molecule has 0 spiro atoms. The topological polar surface area (TPSA) is 83.2 Å². The van der Waals surface area contributed by atoms with E-state index in [0.29, 0.717) is 25.1 Å². The van der Waals surface area contributed by atoms with Crippen LogP contribution in [0.3, 0.4) is 0 Å². The van der Waals surface area contributed by atoms with Gasteiger partial charge in [0.25, 0.3) is 5.91 Å². The Morgan fingerprint density at radius 3 is 3.04 bits per heavy atom. The third-order valence-corrected chi connectivity index (χ3v) is 5.08. The maximum atomic E-state index is 12.3. The number of aromatic amines is 1. The lowest BCUT2D eigenvalue weighted by Gasteiger charge is -2.34. The lowest BCUT2D eigenvalue weighted by molar-refractivity contribution is -0.118. The van der Waals surface area contributed by atoms with Crippen LogP contribution in [0, 0.1) is 5.92 Å². The van der Waals surface area contributed by atoms with Gasteiger partial charge < -0.3 is 10.3 Å². The number of carbonyl (C=O) groups is 2. The first-order valence-corrected chi connectivity index (χ1v) is 8.80. The van der Waals surface area contributed by atoms with Gasteiger partial charge in [0, 0.05) is 41.9 Å². The van der Waals surface area contributed by atoms with Crippen molar-refractivity contribution in [3.8, 4) is 0 Å². The average Bonchev–Trinajstić information content (AvgIpc) is 3.08. The first-order valence-electron chi connectivity index (χ1n) is 8.80. The van der Waals surface area contributed by atoms with Crippen LogP contribution in [0.5, 0.6) is 0 Å². The normalized spacial score (nSPS) is 22.3. The number of H-pyrrole nitrogens is 1. The Morgan fingerprint density at radius 1 is 1.35 bits per heavy atom. The summed E-state index contributed by atoms with van der Waals surface area (Å²) in [6.45, 7) is 2.51. The fraction of sp³-hybridized carbons (Fsp3) is 0.300. The quantitative estimate of drug-likeness (QED) is 0.791. The molecule has 1 aromatic carbocycles. The number of amides is 1. The van der Waals surface area contributed by atoms with E-state index in [9.17, 15) is 9.59 Å². The van der Waals surface area contributed by atoms with E-state index in [1.165, 1.54) is 0 Å². The Balaban J connectivity index is 1.38. The summed E-state index contributed by atoms with van der Waals surface area (Å²) in [6.07, 6.45) is 4.39. The molecule has 2 aliphatic rings. The third-order valence-electron chi connectivity index (χ3n) is 5.08. The molecule has 4 rings (SSSR count). The van der Waals surface area contributed by atoms with Crippen LogP contribution in [0.2, 0.25) is 0 Å². The number of nitrogens with one attached hydrogen (secondary N) is 3. The van der Waals surface area contributed by atoms with Gasteiger partial charge in [0.15, 0.2) is 5.78 Å². The maximum absolute atomic E-state index is 12.3. The molecule has 2 aromatic rings. The number of hydrogen-bond acceptors (Lipinski definition) is 4. The summed E-state index contributed by atoms with van der Waals surface area (Å²) >= 11 is 0. The van der Waals surface area contributed by atoms with Crippen molar-refractivity contribution >= 4 is 22.6 Å². The largest absolute Gasteiger partial charge is 0.351 e. The molecule has 2 heterocycles. The summed E-state index contributed by atoms with van der Waals surface area (Å²) in [7, 11) is 0. The van der Waals surface area contributed by atoms with Gasteiger partial charge in [-0.15, -0.1) is 0 Å². The van der Waals surface area contributed by atoms with Crippen LogP contribution in [0.4, 0.5) is 0 Å². The van der Waals surface area contributed by atoms with E-state index < -0.39 is 0 Å². The highest BCUT2D eigenvalue weighted by atomic mass is 16.7. The first kappa shape index (κ1) is 16.6. The second-order valence-corrected chi connectivity index (χ2v) is 6.76. The van der Waals surface area contributed by atoms with E-state index in [1.54, 1.807) is 6.08 Å². The van der Waals surface area contributed by atoms with E-state index in [2.05, 4.69) is 15.8 Å². The van der Waals surface area contributed by atoms with Crippen LogP contribution in [0.25, 0.3) is 10.9 Å². The Bertz CT molecular complexity index is 892. The molecule has 6 heteroatoms. The molecule has 134 valence electrons. The van der Waals surface area contributed by atoms with Crippen LogP contribution in [-0.4, -0.2) is 29.3 Å². The Morgan fingerprint density at radius 2 is 2.19 bits per heavy atom. The van der Waals surface area contributed by atoms with Gasteiger partial charge in [0.2, 0.25) is 0 Å². The van der Waals surface area contributed by atoms with E-state index >= 15 is 0 Å². The predicted octanol–water partition coefficient (Wildman–Crippen LogP) is 2.61. The highest BCUT2D eigenvalue weighted by Crippen LogP contribution is 2.31. The summed E-state index contributed by atoms with van der Waals surface area (Å²) in [5.74, 6) is 0.0700. The zero-order valence-corrected chi connectivity index (χ0v) is 14.5. The monoisotopic (exact) mass is 351 g/mol. The average molecular weight is 351 g/mol.